The Morgan fingerprint density at radius 2 is 1.95 bits per heavy atom. The summed E-state index contributed by atoms with van der Waals surface area (Å²) in [6.45, 7) is 7.43. The highest BCUT2D eigenvalue weighted by Crippen LogP contribution is 2.15. The van der Waals surface area contributed by atoms with Gasteiger partial charge in [-0.1, -0.05) is 18.2 Å². The van der Waals surface area contributed by atoms with Crippen molar-refractivity contribution in [1.82, 2.24) is 15.5 Å². The smallest absolute Gasteiger partial charge is 0.234 e. The molecule has 0 aliphatic carbocycles. The van der Waals surface area contributed by atoms with Gasteiger partial charge in [0, 0.05) is 42.4 Å². The Balaban J connectivity index is 1.61. The quantitative estimate of drug-likeness (QED) is 0.619. The number of carbonyl (C=O) groups is 1. The zero-order chi connectivity index (χ0) is 15.1. The molecule has 2 unspecified atom stereocenters. The van der Waals surface area contributed by atoms with Gasteiger partial charge in [-0.2, -0.15) is 0 Å². The van der Waals surface area contributed by atoms with E-state index in [2.05, 4.69) is 41.5 Å². The Labute approximate surface area is 131 Å². The number of piperazine rings is 1. The number of nitrogens with zero attached hydrogens (tertiary/aromatic N) is 1. The van der Waals surface area contributed by atoms with Gasteiger partial charge in [0.1, 0.15) is 0 Å². The van der Waals surface area contributed by atoms with Crippen molar-refractivity contribution in [3.63, 3.8) is 0 Å². The molecular weight excluding hydrogens is 282 g/mol. The summed E-state index contributed by atoms with van der Waals surface area (Å²) in [7, 11) is 0. The molecule has 1 fully saturated rings. The van der Waals surface area contributed by atoms with Gasteiger partial charge >= 0.3 is 0 Å². The van der Waals surface area contributed by atoms with Crippen LogP contribution in [0.1, 0.15) is 13.8 Å². The van der Waals surface area contributed by atoms with Crippen LogP contribution in [0.25, 0.3) is 0 Å². The lowest BCUT2D eigenvalue weighted by Gasteiger charge is -2.35. The van der Waals surface area contributed by atoms with Gasteiger partial charge < -0.3 is 10.6 Å². The van der Waals surface area contributed by atoms with Crippen molar-refractivity contribution < 1.29 is 4.79 Å². The van der Waals surface area contributed by atoms with Gasteiger partial charge in [-0.15, -0.1) is 11.8 Å². The van der Waals surface area contributed by atoms with E-state index in [1.165, 1.54) is 4.90 Å². The van der Waals surface area contributed by atoms with Crippen LogP contribution in [0.15, 0.2) is 35.2 Å². The lowest BCUT2D eigenvalue weighted by molar-refractivity contribution is -0.122. The van der Waals surface area contributed by atoms with Gasteiger partial charge in [0.2, 0.25) is 5.91 Å². The predicted molar refractivity (Wildman–Crippen MR) is 88.7 cm³/mol. The summed E-state index contributed by atoms with van der Waals surface area (Å²) < 4.78 is 0. The fourth-order valence-electron chi connectivity index (χ4n) is 2.70. The fraction of sp³-hybridized carbons (Fsp3) is 0.562. The van der Waals surface area contributed by atoms with E-state index in [-0.39, 0.29) is 5.91 Å². The Kier molecular flexibility index (Phi) is 6.54. The maximum atomic E-state index is 12.0. The highest BCUT2D eigenvalue weighted by molar-refractivity contribution is 7.99. The summed E-state index contributed by atoms with van der Waals surface area (Å²) in [5, 5.41) is 6.48. The number of carbonyl (C=O) groups excluding carboxylic acids is 1. The summed E-state index contributed by atoms with van der Waals surface area (Å²) in [6, 6.07) is 11.2. The van der Waals surface area contributed by atoms with Gasteiger partial charge in [0.25, 0.3) is 0 Å². The number of benzene rings is 1. The van der Waals surface area contributed by atoms with Crippen LogP contribution in [-0.4, -0.2) is 54.8 Å². The fourth-order valence-corrected chi connectivity index (χ4v) is 3.49. The molecule has 1 aromatic carbocycles. The second-order valence-corrected chi connectivity index (χ2v) is 6.84. The molecule has 0 spiro atoms. The third-order valence-electron chi connectivity index (χ3n) is 3.44. The van der Waals surface area contributed by atoms with E-state index >= 15 is 0 Å². The number of amides is 1. The minimum Gasteiger partial charge on any atom is -0.354 e. The molecule has 0 saturated carbocycles. The van der Waals surface area contributed by atoms with Crippen molar-refractivity contribution >= 4 is 17.7 Å². The summed E-state index contributed by atoms with van der Waals surface area (Å²) >= 11 is 1.77. The van der Waals surface area contributed by atoms with Crippen molar-refractivity contribution in [2.45, 2.75) is 30.8 Å². The third-order valence-corrected chi connectivity index (χ3v) is 4.45. The van der Waals surface area contributed by atoms with Crippen LogP contribution in [0.4, 0.5) is 0 Å². The van der Waals surface area contributed by atoms with E-state index in [0.29, 0.717) is 18.6 Å². The largest absolute Gasteiger partial charge is 0.354 e. The Bertz CT molecular complexity index is 430. The number of thioether (sulfide) groups is 1. The van der Waals surface area contributed by atoms with E-state index in [0.717, 1.165) is 25.4 Å². The standard InChI is InChI=1S/C16H25N3OS/c1-13-10-19(11-14(2)18-13)12-16(20)17-8-9-21-15-6-4-3-5-7-15/h3-7,13-14,18H,8-12H2,1-2H3,(H,17,20). The molecule has 0 aromatic heterocycles. The molecule has 1 aromatic rings. The van der Waals surface area contributed by atoms with Gasteiger partial charge in [0.05, 0.1) is 6.54 Å². The average molecular weight is 307 g/mol. The SMILES string of the molecule is CC1CN(CC(=O)NCCSc2ccccc2)CC(C)N1. The second-order valence-electron chi connectivity index (χ2n) is 5.67. The molecule has 1 heterocycles. The molecule has 0 radical (unpaired) electrons. The molecule has 1 saturated heterocycles. The molecular formula is C16H25N3OS. The van der Waals surface area contributed by atoms with E-state index in [9.17, 15) is 4.79 Å². The highest BCUT2D eigenvalue weighted by Gasteiger charge is 2.22. The van der Waals surface area contributed by atoms with Crippen LogP contribution in [-0.2, 0) is 4.79 Å². The maximum absolute atomic E-state index is 12.0. The van der Waals surface area contributed by atoms with Gasteiger partial charge in [-0.05, 0) is 26.0 Å². The summed E-state index contributed by atoms with van der Waals surface area (Å²) in [6.07, 6.45) is 0. The molecule has 116 valence electrons. The lowest BCUT2D eigenvalue weighted by Crippen LogP contribution is -2.56. The predicted octanol–water partition coefficient (Wildman–Crippen LogP) is 1.58. The first kappa shape index (κ1) is 16.3. The lowest BCUT2D eigenvalue weighted by atomic mass is 10.1. The molecule has 0 bridgehead atoms. The summed E-state index contributed by atoms with van der Waals surface area (Å²) in [5.74, 6) is 1.04. The first-order valence-electron chi connectivity index (χ1n) is 7.56. The van der Waals surface area contributed by atoms with Gasteiger partial charge in [-0.3, -0.25) is 9.69 Å². The number of hydrogen-bond acceptors (Lipinski definition) is 4. The minimum atomic E-state index is 0.130. The van der Waals surface area contributed by atoms with E-state index in [4.69, 9.17) is 0 Å². The minimum absolute atomic E-state index is 0.130. The van der Waals surface area contributed by atoms with Crippen molar-refractivity contribution in [3.05, 3.63) is 30.3 Å². The molecule has 21 heavy (non-hydrogen) atoms. The molecule has 2 rings (SSSR count). The van der Waals surface area contributed by atoms with Crippen LogP contribution in [0, 0.1) is 0 Å². The van der Waals surface area contributed by atoms with Gasteiger partial charge in [-0.25, -0.2) is 0 Å². The maximum Gasteiger partial charge on any atom is 0.234 e. The molecule has 4 nitrogen and oxygen atoms in total. The summed E-state index contributed by atoms with van der Waals surface area (Å²) in [5.41, 5.74) is 0. The zero-order valence-corrected chi connectivity index (χ0v) is 13.7. The first-order chi connectivity index (χ1) is 10.1. The van der Waals surface area contributed by atoms with Crippen LogP contribution in [0.3, 0.4) is 0 Å². The van der Waals surface area contributed by atoms with Crippen molar-refractivity contribution in [2.24, 2.45) is 0 Å². The van der Waals surface area contributed by atoms with E-state index in [1.54, 1.807) is 11.8 Å². The van der Waals surface area contributed by atoms with Crippen molar-refractivity contribution in [2.75, 3.05) is 31.9 Å². The van der Waals surface area contributed by atoms with E-state index < -0.39 is 0 Å². The average Bonchev–Trinajstić information content (AvgIpc) is 2.43. The third kappa shape index (κ3) is 6.08. The second kappa shape index (κ2) is 8.41. The van der Waals surface area contributed by atoms with Crippen molar-refractivity contribution in [3.8, 4) is 0 Å². The Morgan fingerprint density at radius 3 is 2.62 bits per heavy atom. The zero-order valence-electron chi connectivity index (χ0n) is 12.8. The molecule has 5 heteroatoms. The number of rotatable bonds is 6. The number of nitrogens with one attached hydrogen (secondary N) is 2. The van der Waals surface area contributed by atoms with Crippen LogP contribution >= 0.6 is 11.8 Å². The molecule has 1 amide bonds. The molecule has 1 aliphatic heterocycles. The van der Waals surface area contributed by atoms with E-state index in [1.807, 2.05) is 18.2 Å². The Hall–Kier alpha value is -1.04. The van der Waals surface area contributed by atoms with Crippen LogP contribution < -0.4 is 10.6 Å². The Morgan fingerprint density at radius 1 is 1.29 bits per heavy atom. The number of hydrogen-bond donors (Lipinski definition) is 2. The van der Waals surface area contributed by atoms with Crippen LogP contribution in [0.5, 0.6) is 0 Å². The normalized spacial score (nSPS) is 23.0. The molecule has 2 N–H and O–H groups in total. The molecule has 1 aliphatic rings. The first-order valence-corrected chi connectivity index (χ1v) is 8.55. The highest BCUT2D eigenvalue weighted by atomic mass is 32.2. The van der Waals surface area contributed by atoms with Crippen molar-refractivity contribution in [1.29, 1.82) is 0 Å². The topological polar surface area (TPSA) is 44.4 Å². The summed E-state index contributed by atoms with van der Waals surface area (Å²) in [4.78, 5) is 15.4. The molecule has 2 atom stereocenters. The van der Waals surface area contributed by atoms with Crippen LogP contribution in [0.2, 0.25) is 0 Å². The monoisotopic (exact) mass is 307 g/mol. The van der Waals surface area contributed by atoms with Gasteiger partial charge in [0.15, 0.2) is 0 Å².